The molecule has 132 valence electrons. The van der Waals surface area contributed by atoms with Gasteiger partial charge in [0.15, 0.2) is 5.69 Å². The van der Waals surface area contributed by atoms with Crippen LogP contribution in [0.3, 0.4) is 0 Å². The van der Waals surface area contributed by atoms with Crippen LogP contribution in [0.4, 0.5) is 14.5 Å². The summed E-state index contributed by atoms with van der Waals surface area (Å²) in [5.74, 6) is -4.12. The number of amides is 1. The molecule has 8 heteroatoms. The monoisotopic (exact) mass is 349 g/mol. The highest BCUT2D eigenvalue weighted by Crippen LogP contribution is 2.29. The molecule has 3 N–H and O–H groups in total. The number of anilines is 1. The van der Waals surface area contributed by atoms with Crippen LogP contribution in [0.5, 0.6) is 0 Å². The molecule has 0 atom stereocenters. The first-order valence-corrected chi connectivity index (χ1v) is 7.40. The molecule has 0 aliphatic rings. The Hall–Kier alpha value is -3.03. The van der Waals surface area contributed by atoms with Crippen LogP contribution in [0, 0.1) is 11.6 Å². The lowest BCUT2D eigenvalue weighted by atomic mass is 10.0. The molecular weight excluding hydrogens is 332 g/mol. The Bertz CT molecular complexity index is 853. The van der Waals surface area contributed by atoms with Gasteiger partial charge in [0.2, 0.25) is 0 Å². The number of carboxylic acids is 1. The lowest BCUT2D eigenvalue weighted by molar-refractivity contribution is 0.0690. The zero-order valence-electron chi connectivity index (χ0n) is 13.9. The Kier molecular flexibility index (Phi) is 5.01. The number of benzene rings is 1. The van der Waals surface area contributed by atoms with Gasteiger partial charge >= 0.3 is 5.97 Å². The molecule has 0 unspecified atom stereocenters. The van der Waals surface area contributed by atoms with Crippen molar-refractivity contribution in [3.8, 4) is 11.3 Å². The second kappa shape index (κ2) is 6.84. The van der Waals surface area contributed by atoms with Gasteiger partial charge in [0.1, 0.15) is 11.6 Å². The fourth-order valence-corrected chi connectivity index (χ4v) is 2.16. The van der Waals surface area contributed by atoms with E-state index in [0.717, 1.165) is 12.1 Å². The minimum absolute atomic E-state index is 0.135. The van der Waals surface area contributed by atoms with E-state index >= 15 is 0 Å². The van der Waals surface area contributed by atoms with E-state index in [1.54, 1.807) is 13.8 Å². The van der Waals surface area contributed by atoms with Gasteiger partial charge in [-0.15, -0.1) is 0 Å². The van der Waals surface area contributed by atoms with Gasteiger partial charge in [-0.2, -0.15) is 0 Å². The first-order valence-electron chi connectivity index (χ1n) is 7.40. The summed E-state index contributed by atoms with van der Waals surface area (Å²) in [6.45, 7) is 3.50. The number of carbonyl (C=O) groups is 2. The molecule has 2 rings (SSSR count). The summed E-state index contributed by atoms with van der Waals surface area (Å²) in [4.78, 5) is 28.5. The third-order valence-corrected chi connectivity index (χ3v) is 3.80. The molecule has 2 aromatic rings. The molecule has 6 nitrogen and oxygen atoms in total. The highest BCUT2D eigenvalue weighted by Gasteiger charge is 2.24. The molecular formula is C17H17F2N3O3. The van der Waals surface area contributed by atoms with E-state index in [2.05, 4.69) is 4.98 Å². The molecule has 0 bridgehead atoms. The van der Waals surface area contributed by atoms with Crippen molar-refractivity contribution in [3.05, 3.63) is 47.2 Å². The van der Waals surface area contributed by atoms with Gasteiger partial charge in [0, 0.05) is 13.1 Å². The van der Waals surface area contributed by atoms with Crippen LogP contribution in [0.2, 0.25) is 0 Å². The number of carbonyl (C=O) groups excluding carboxylic acids is 1. The molecule has 0 saturated carbocycles. The first kappa shape index (κ1) is 18.3. The number of carboxylic acid groups (broad SMARTS) is 1. The average Bonchev–Trinajstić information content (AvgIpc) is 2.54. The van der Waals surface area contributed by atoms with Crippen LogP contribution in [-0.4, -0.2) is 40.0 Å². The second-order valence-corrected chi connectivity index (χ2v) is 5.73. The average molecular weight is 349 g/mol. The number of aromatic carboxylic acids is 1. The summed E-state index contributed by atoms with van der Waals surface area (Å²) in [6, 6.07) is 4.19. The molecule has 0 radical (unpaired) electrons. The largest absolute Gasteiger partial charge is 0.476 e. The van der Waals surface area contributed by atoms with Crippen molar-refractivity contribution in [2.24, 2.45) is 0 Å². The zero-order chi connectivity index (χ0) is 18.9. The summed E-state index contributed by atoms with van der Waals surface area (Å²) < 4.78 is 29.0. The van der Waals surface area contributed by atoms with Crippen molar-refractivity contribution >= 4 is 17.6 Å². The van der Waals surface area contributed by atoms with E-state index in [9.17, 15) is 18.4 Å². The van der Waals surface area contributed by atoms with Crippen molar-refractivity contribution in [2.75, 3.05) is 12.8 Å². The Morgan fingerprint density at radius 2 is 1.84 bits per heavy atom. The number of nitrogen functional groups attached to an aromatic ring is 1. The van der Waals surface area contributed by atoms with Crippen molar-refractivity contribution in [1.29, 1.82) is 0 Å². The van der Waals surface area contributed by atoms with Gasteiger partial charge in [-0.25, -0.2) is 18.6 Å². The van der Waals surface area contributed by atoms with Crippen LogP contribution in [0.1, 0.15) is 34.7 Å². The van der Waals surface area contributed by atoms with Crippen LogP contribution in [-0.2, 0) is 0 Å². The van der Waals surface area contributed by atoms with Crippen molar-refractivity contribution in [1.82, 2.24) is 9.88 Å². The number of halogens is 2. The number of hydrogen-bond acceptors (Lipinski definition) is 4. The van der Waals surface area contributed by atoms with Crippen LogP contribution < -0.4 is 5.73 Å². The highest BCUT2D eigenvalue weighted by molar-refractivity contribution is 5.96. The predicted octanol–water partition coefficient (Wildman–Crippen LogP) is 2.79. The van der Waals surface area contributed by atoms with Crippen LogP contribution in [0.15, 0.2) is 24.3 Å². The van der Waals surface area contributed by atoms with Crippen molar-refractivity contribution < 1.29 is 23.5 Å². The van der Waals surface area contributed by atoms with Gasteiger partial charge < -0.3 is 15.7 Å². The second-order valence-electron chi connectivity index (χ2n) is 5.73. The van der Waals surface area contributed by atoms with Gasteiger partial charge in [-0.05, 0) is 38.1 Å². The molecule has 0 spiro atoms. The molecule has 1 aromatic carbocycles. The fraction of sp³-hybridized carbons (Fsp3) is 0.235. The maximum absolute atomic E-state index is 14.8. The van der Waals surface area contributed by atoms with E-state index in [-0.39, 0.29) is 23.0 Å². The highest BCUT2D eigenvalue weighted by atomic mass is 19.1. The van der Waals surface area contributed by atoms with Crippen LogP contribution in [0.25, 0.3) is 11.3 Å². The number of hydrogen-bond donors (Lipinski definition) is 2. The number of pyridine rings is 1. The maximum atomic E-state index is 14.8. The Labute approximate surface area is 142 Å². The molecule has 0 saturated heterocycles. The maximum Gasteiger partial charge on any atom is 0.356 e. The lowest BCUT2D eigenvalue weighted by Crippen LogP contribution is -2.33. The quantitative estimate of drug-likeness (QED) is 0.885. The SMILES string of the molecule is CC(C)N(C)C(=O)c1ccc(F)c(-c2ccc(N)c(C(=O)O)n2)c1F. The number of aromatic nitrogens is 1. The number of nitrogens with two attached hydrogens (primary N) is 1. The standard InChI is InChI=1S/C17H17F2N3O3/c1-8(2)22(3)16(23)9-4-5-10(18)13(14(9)19)12-7-6-11(20)15(21-12)17(24)25/h4-8H,20H2,1-3H3,(H,24,25). The number of rotatable bonds is 4. The Morgan fingerprint density at radius 3 is 2.40 bits per heavy atom. The molecule has 1 heterocycles. The zero-order valence-corrected chi connectivity index (χ0v) is 13.9. The van der Waals surface area contributed by atoms with E-state index in [0.29, 0.717) is 0 Å². The van der Waals surface area contributed by atoms with Gasteiger partial charge in [0.05, 0.1) is 22.5 Å². The topological polar surface area (TPSA) is 96.5 Å². The normalized spacial score (nSPS) is 10.8. The summed E-state index contributed by atoms with van der Waals surface area (Å²) in [5, 5.41) is 9.06. The summed E-state index contributed by atoms with van der Waals surface area (Å²) in [5.41, 5.74) is 3.68. The van der Waals surface area contributed by atoms with Crippen molar-refractivity contribution in [3.63, 3.8) is 0 Å². The molecule has 0 aliphatic heterocycles. The first-order chi connectivity index (χ1) is 11.6. The molecule has 1 aromatic heterocycles. The van der Waals surface area contributed by atoms with Gasteiger partial charge in [-0.1, -0.05) is 0 Å². The Balaban J connectivity index is 2.64. The summed E-state index contributed by atoms with van der Waals surface area (Å²) in [6.07, 6.45) is 0. The number of nitrogens with zero attached hydrogens (tertiary/aromatic N) is 2. The third kappa shape index (κ3) is 3.42. The summed E-state index contributed by atoms with van der Waals surface area (Å²) in [7, 11) is 1.50. The predicted molar refractivity (Wildman–Crippen MR) is 88.2 cm³/mol. The fourth-order valence-electron chi connectivity index (χ4n) is 2.16. The van der Waals surface area contributed by atoms with Gasteiger partial charge in [0.25, 0.3) is 5.91 Å². The molecule has 1 amide bonds. The summed E-state index contributed by atoms with van der Waals surface area (Å²) >= 11 is 0. The van der Waals surface area contributed by atoms with E-state index in [4.69, 9.17) is 10.8 Å². The molecule has 0 aliphatic carbocycles. The lowest BCUT2D eigenvalue weighted by Gasteiger charge is -2.22. The minimum Gasteiger partial charge on any atom is -0.476 e. The minimum atomic E-state index is -1.42. The van der Waals surface area contributed by atoms with Gasteiger partial charge in [-0.3, -0.25) is 4.79 Å². The van der Waals surface area contributed by atoms with Crippen LogP contribution >= 0.6 is 0 Å². The Morgan fingerprint density at radius 1 is 1.20 bits per heavy atom. The van der Waals surface area contributed by atoms with E-state index in [1.165, 1.54) is 24.1 Å². The smallest absolute Gasteiger partial charge is 0.356 e. The third-order valence-electron chi connectivity index (χ3n) is 3.80. The molecule has 25 heavy (non-hydrogen) atoms. The molecule has 0 fully saturated rings. The van der Waals surface area contributed by atoms with Crippen molar-refractivity contribution in [2.45, 2.75) is 19.9 Å². The van der Waals surface area contributed by atoms with E-state index < -0.39 is 34.8 Å². The van der Waals surface area contributed by atoms with E-state index in [1.807, 2.05) is 0 Å².